The van der Waals surface area contributed by atoms with Crippen LogP contribution in [0.3, 0.4) is 0 Å². The molecule has 3 aliphatic carbocycles. The Bertz CT molecular complexity index is 1390. The van der Waals surface area contributed by atoms with Gasteiger partial charge in [0.2, 0.25) is 0 Å². The molecule has 0 heterocycles. The quantitative estimate of drug-likeness (QED) is 0.203. The molecule has 5 rings (SSSR count). The molecule has 0 radical (unpaired) electrons. The zero-order valence-electron chi connectivity index (χ0n) is 27.5. The van der Waals surface area contributed by atoms with Crippen molar-refractivity contribution >= 4 is 23.4 Å². The van der Waals surface area contributed by atoms with Crippen LogP contribution in [0.4, 0.5) is 9.18 Å². The maximum Gasteiger partial charge on any atom is 0.317 e. The van der Waals surface area contributed by atoms with Gasteiger partial charge in [-0.05, 0) is 107 Å². The summed E-state index contributed by atoms with van der Waals surface area (Å²) in [5.74, 6) is -0.966. The van der Waals surface area contributed by atoms with E-state index < -0.39 is 22.9 Å². The largest absolute Gasteiger partial charge is 0.393 e. The highest BCUT2D eigenvalue weighted by Gasteiger charge is 2.57. The summed E-state index contributed by atoms with van der Waals surface area (Å²) in [6.07, 6.45) is 6.41. The Hall–Kier alpha value is -2.74. The van der Waals surface area contributed by atoms with E-state index in [1.807, 2.05) is 39.0 Å². The Balaban J connectivity index is 1.81. The lowest BCUT2D eigenvalue weighted by atomic mass is 9.64. The van der Waals surface area contributed by atoms with Crippen LogP contribution in [-0.2, 0) is 12.8 Å². The third-order valence-corrected chi connectivity index (χ3v) is 10.4. The lowest BCUT2D eigenvalue weighted by Gasteiger charge is -2.46. The molecule has 0 unspecified atom stereocenters. The van der Waals surface area contributed by atoms with Gasteiger partial charge in [0.05, 0.1) is 18.2 Å². The zero-order valence-corrected chi connectivity index (χ0v) is 28.2. The van der Waals surface area contributed by atoms with Gasteiger partial charge in [0.25, 0.3) is 0 Å². The monoisotopic (exact) mass is 640 g/mol. The maximum absolute atomic E-state index is 14.8. The number of benzene rings is 2. The minimum atomic E-state index is -1.20. The number of nitrogens with zero attached hydrogens (tertiary/aromatic N) is 1. The summed E-state index contributed by atoms with van der Waals surface area (Å²) in [7, 11) is 0. The van der Waals surface area contributed by atoms with Crippen LogP contribution in [0.25, 0.3) is 0 Å². The number of Topliss-reactive ketones (excluding diaryl/α,β-unsaturated/α-hetero) is 1. The summed E-state index contributed by atoms with van der Waals surface area (Å²) in [4.78, 5) is 29.1. The molecule has 246 valence electrons. The summed E-state index contributed by atoms with van der Waals surface area (Å²) in [6.45, 7) is 10.8. The molecule has 8 heteroatoms. The predicted molar refractivity (Wildman–Crippen MR) is 178 cm³/mol. The van der Waals surface area contributed by atoms with Crippen molar-refractivity contribution in [3.8, 4) is 0 Å². The molecule has 0 aliphatic heterocycles. The van der Waals surface area contributed by atoms with Gasteiger partial charge < -0.3 is 20.4 Å². The second kappa shape index (κ2) is 14.8. The molecule has 1 fully saturated rings. The van der Waals surface area contributed by atoms with E-state index in [0.717, 1.165) is 30.4 Å². The van der Waals surface area contributed by atoms with E-state index in [2.05, 4.69) is 25.2 Å². The minimum Gasteiger partial charge on any atom is -0.393 e. The van der Waals surface area contributed by atoms with Crippen LogP contribution in [0.15, 0.2) is 48.0 Å². The number of rotatable bonds is 8. The molecule has 4 atom stereocenters. The zero-order chi connectivity index (χ0) is 32.9. The lowest BCUT2D eigenvalue weighted by molar-refractivity contribution is -0.0770. The van der Waals surface area contributed by atoms with Crippen LogP contribution in [-0.4, -0.2) is 57.8 Å². The number of ketones is 1. The fourth-order valence-electron chi connectivity index (χ4n) is 7.37. The highest BCUT2D eigenvalue weighted by Crippen LogP contribution is 2.58. The standard InChI is InChI=1S/C37H50ClFN2O4/c1-6-19-41(35(44)40-24(2)3)23-37(45)18-16-31-28-15-13-26(20-27(42)14-12-25(4)9-8-17-36(31,37)5)21-29(28)34(43)22-30-32(38)10-7-11-33(30)39/h7,9-11,13,15,21,24,27,31,42,45H,6,8,12,14,16-20,22-23H2,1-5H3,(H,40,44)/t27-,31-,36-,37+/m0/s1. The normalized spacial score (nSPS) is 25.4. The summed E-state index contributed by atoms with van der Waals surface area (Å²) < 4.78 is 14.8. The molecular weight excluding hydrogens is 591 g/mol. The van der Waals surface area contributed by atoms with Gasteiger partial charge in [0.1, 0.15) is 5.82 Å². The fourth-order valence-corrected chi connectivity index (χ4v) is 7.60. The number of allylic oxidation sites excluding steroid dienone is 2. The van der Waals surface area contributed by atoms with Gasteiger partial charge in [-0.3, -0.25) is 4.79 Å². The number of hydrogen-bond acceptors (Lipinski definition) is 4. The number of halogens is 2. The van der Waals surface area contributed by atoms with E-state index in [0.29, 0.717) is 44.2 Å². The van der Waals surface area contributed by atoms with Crippen molar-refractivity contribution in [3.63, 3.8) is 0 Å². The molecule has 45 heavy (non-hydrogen) atoms. The summed E-state index contributed by atoms with van der Waals surface area (Å²) in [6, 6.07) is 9.97. The molecule has 0 aromatic heterocycles. The number of hydrogen-bond donors (Lipinski definition) is 3. The SMILES string of the molecule is CCCN(C[C@]1(O)CC[C@H]2c3ccc(cc3C(=O)Cc3c(F)cccc3Cl)C[C@@H](O)CCC(C)=CCC[C@@]21C)C(=O)NC(C)C. The topological polar surface area (TPSA) is 89.9 Å². The number of nitrogens with one attached hydrogen (secondary N) is 1. The highest BCUT2D eigenvalue weighted by molar-refractivity contribution is 6.31. The van der Waals surface area contributed by atoms with E-state index in [9.17, 15) is 24.2 Å². The van der Waals surface area contributed by atoms with Gasteiger partial charge in [-0.25, -0.2) is 9.18 Å². The summed E-state index contributed by atoms with van der Waals surface area (Å²) in [5, 5.41) is 26.6. The Morgan fingerprint density at radius 2 is 1.93 bits per heavy atom. The Morgan fingerprint density at radius 3 is 2.62 bits per heavy atom. The highest BCUT2D eigenvalue weighted by atomic mass is 35.5. The van der Waals surface area contributed by atoms with E-state index in [4.69, 9.17) is 11.6 Å². The van der Waals surface area contributed by atoms with Gasteiger partial charge in [-0.2, -0.15) is 0 Å². The first-order valence-electron chi connectivity index (χ1n) is 16.5. The van der Waals surface area contributed by atoms with Gasteiger partial charge in [0, 0.05) is 40.6 Å². The maximum atomic E-state index is 14.8. The Morgan fingerprint density at radius 1 is 1.18 bits per heavy atom. The number of amides is 2. The second-order valence-electron chi connectivity index (χ2n) is 13.8. The van der Waals surface area contributed by atoms with Gasteiger partial charge in [0.15, 0.2) is 5.78 Å². The molecule has 3 aliphatic rings. The summed E-state index contributed by atoms with van der Waals surface area (Å²) in [5.41, 5.74) is 1.60. The molecule has 3 N–H and O–H groups in total. The predicted octanol–water partition coefficient (Wildman–Crippen LogP) is 7.77. The first kappa shape index (κ1) is 35.1. The van der Waals surface area contributed by atoms with Crippen molar-refractivity contribution in [1.29, 1.82) is 0 Å². The van der Waals surface area contributed by atoms with Crippen LogP contribution < -0.4 is 5.32 Å². The van der Waals surface area contributed by atoms with Crippen LogP contribution in [0.5, 0.6) is 0 Å². The molecule has 0 spiro atoms. The Kier molecular flexibility index (Phi) is 11.5. The van der Waals surface area contributed by atoms with E-state index >= 15 is 0 Å². The van der Waals surface area contributed by atoms with Gasteiger partial charge >= 0.3 is 6.03 Å². The third-order valence-electron chi connectivity index (χ3n) is 10.0. The van der Waals surface area contributed by atoms with Crippen molar-refractivity contribution in [1.82, 2.24) is 10.2 Å². The first-order chi connectivity index (χ1) is 21.3. The second-order valence-corrected chi connectivity index (χ2v) is 14.2. The molecular formula is C37H50ClFN2O4. The van der Waals surface area contributed by atoms with Gasteiger partial charge in [-0.15, -0.1) is 0 Å². The van der Waals surface area contributed by atoms with E-state index in [1.165, 1.54) is 17.7 Å². The van der Waals surface area contributed by atoms with E-state index in [-0.39, 0.29) is 47.3 Å². The molecule has 6 nitrogen and oxygen atoms in total. The number of aliphatic hydroxyl groups is 2. The van der Waals surface area contributed by atoms with Crippen LogP contribution in [0.1, 0.15) is 113 Å². The molecule has 2 aromatic rings. The number of fused-ring (bicyclic) bond motifs is 8. The smallest absolute Gasteiger partial charge is 0.317 e. The summed E-state index contributed by atoms with van der Waals surface area (Å²) >= 11 is 6.33. The molecule has 2 aromatic carbocycles. The number of carbonyl (C=O) groups is 2. The lowest BCUT2D eigenvalue weighted by Crippen LogP contribution is -2.56. The van der Waals surface area contributed by atoms with Crippen LogP contribution >= 0.6 is 11.6 Å². The number of aliphatic hydroxyl groups excluding tert-OH is 1. The number of urea groups is 1. The Labute approximate surface area is 273 Å². The average molecular weight is 641 g/mol. The molecule has 1 saturated carbocycles. The van der Waals surface area contributed by atoms with Gasteiger partial charge in [-0.1, -0.05) is 55.3 Å². The average Bonchev–Trinajstić information content (AvgIpc) is 3.22. The first-order valence-corrected chi connectivity index (χ1v) is 16.9. The third kappa shape index (κ3) is 7.98. The van der Waals surface area contributed by atoms with Crippen molar-refractivity contribution in [3.05, 3.63) is 81.1 Å². The van der Waals surface area contributed by atoms with Crippen molar-refractivity contribution in [2.45, 2.75) is 116 Å². The van der Waals surface area contributed by atoms with Crippen LogP contribution in [0, 0.1) is 11.2 Å². The molecule has 2 bridgehead atoms. The fraction of sp³-hybridized carbons (Fsp3) is 0.568. The molecule has 0 saturated heterocycles. The van der Waals surface area contributed by atoms with Crippen molar-refractivity contribution in [2.24, 2.45) is 5.41 Å². The minimum absolute atomic E-state index is 0.0329. The number of carbonyl (C=O) groups excluding carboxylic acids is 2. The van der Waals surface area contributed by atoms with Crippen molar-refractivity contribution in [2.75, 3.05) is 13.1 Å². The van der Waals surface area contributed by atoms with Crippen LogP contribution in [0.2, 0.25) is 5.02 Å². The molecule has 2 amide bonds. The van der Waals surface area contributed by atoms with Crippen molar-refractivity contribution < 1.29 is 24.2 Å². The van der Waals surface area contributed by atoms with E-state index in [1.54, 1.807) is 11.0 Å².